The summed E-state index contributed by atoms with van der Waals surface area (Å²) in [6, 6.07) is 13.0. The van der Waals surface area contributed by atoms with Crippen molar-refractivity contribution in [1.82, 2.24) is 19.9 Å². The van der Waals surface area contributed by atoms with E-state index >= 15 is 0 Å². The molecule has 0 radical (unpaired) electrons. The molecule has 0 aliphatic rings. The SMILES string of the molecule is CNc1ncc(-c2ccccc2-c2ccc(-c3cnc(C)cn3)c(F)c2)cn1. The smallest absolute Gasteiger partial charge is 0.222 e. The Labute approximate surface area is 162 Å². The van der Waals surface area contributed by atoms with Gasteiger partial charge in [0.1, 0.15) is 5.82 Å². The van der Waals surface area contributed by atoms with Crippen LogP contribution in [0.3, 0.4) is 0 Å². The molecule has 1 N–H and O–H groups in total. The molecule has 0 unspecified atom stereocenters. The molecule has 2 heterocycles. The number of aromatic nitrogens is 4. The number of hydrogen-bond donors (Lipinski definition) is 1. The van der Waals surface area contributed by atoms with Crippen LogP contribution >= 0.6 is 0 Å². The van der Waals surface area contributed by atoms with E-state index in [1.807, 2.05) is 37.3 Å². The molecule has 0 amide bonds. The fourth-order valence-corrected chi connectivity index (χ4v) is 3.00. The van der Waals surface area contributed by atoms with E-state index < -0.39 is 0 Å². The summed E-state index contributed by atoms with van der Waals surface area (Å²) in [6.45, 7) is 1.85. The number of nitrogens with one attached hydrogen (secondary N) is 1. The van der Waals surface area contributed by atoms with E-state index in [9.17, 15) is 4.39 Å². The molecule has 0 spiro atoms. The van der Waals surface area contributed by atoms with Crippen LogP contribution in [0.15, 0.2) is 67.3 Å². The average molecular weight is 371 g/mol. The van der Waals surface area contributed by atoms with Crippen molar-refractivity contribution in [3.63, 3.8) is 0 Å². The topological polar surface area (TPSA) is 63.6 Å². The number of nitrogens with zero attached hydrogens (tertiary/aromatic N) is 4. The fourth-order valence-electron chi connectivity index (χ4n) is 3.00. The largest absolute Gasteiger partial charge is 0.357 e. The lowest BCUT2D eigenvalue weighted by Crippen LogP contribution is -1.96. The molecule has 2 aromatic carbocycles. The first-order chi connectivity index (χ1) is 13.7. The Morgan fingerprint density at radius 2 is 1.46 bits per heavy atom. The number of benzene rings is 2. The van der Waals surface area contributed by atoms with E-state index in [0.717, 1.165) is 27.9 Å². The zero-order valence-electron chi connectivity index (χ0n) is 15.5. The summed E-state index contributed by atoms with van der Waals surface area (Å²) in [5, 5.41) is 2.90. The van der Waals surface area contributed by atoms with Crippen molar-refractivity contribution >= 4 is 5.95 Å². The molecule has 0 saturated carbocycles. The minimum atomic E-state index is -0.341. The van der Waals surface area contributed by atoms with Crippen LogP contribution in [0.4, 0.5) is 10.3 Å². The maximum absolute atomic E-state index is 14.9. The number of halogens is 1. The van der Waals surface area contributed by atoms with Crippen LogP contribution in [0.1, 0.15) is 5.69 Å². The highest BCUT2D eigenvalue weighted by Crippen LogP contribution is 2.33. The highest BCUT2D eigenvalue weighted by Gasteiger charge is 2.12. The molecule has 0 fully saturated rings. The van der Waals surface area contributed by atoms with Crippen LogP contribution in [0, 0.1) is 12.7 Å². The predicted octanol–water partition coefficient (Wildman–Crippen LogP) is 4.76. The van der Waals surface area contributed by atoms with Gasteiger partial charge in [0.15, 0.2) is 0 Å². The van der Waals surface area contributed by atoms with Crippen LogP contribution in [-0.2, 0) is 0 Å². The molecule has 5 nitrogen and oxygen atoms in total. The zero-order valence-corrected chi connectivity index (χ0v) is 15.5. The van der Waals surface area contributed by atoms with Gasteiger partial charge < -0.3 is 5.32 Å². The summed E-state index contributed by atoms with van der Waals surface area (Å²) >= 11 is 0. The summed E-state index contributed by atoms with van der Waals surface area (Å²) in [4.78, 5) is 17.0. The minimum Gasteiger partial charge on any atom is -0.357 e. The van der Waals surface area contributed by atoms with Gasteiger partial charge in [-0.05, 0) is 35.7 Å². The summed E-state index contributed by atoms with van der Waals surface area (Å²) < 4.78 is 14.9. The maximum atomic E-state index is 14.9. The lowest BCUT2D eigenvalue weighted by atomic mass is 9.95. The molecule has 2 aromatic heterocycles. The van der Waals surface area contributed by atoms with Gasteiger partial charge in [0.05, 0.1) is 17.6 Å². The third-order valence-corrected chi connectivity index (χ3v) is 4.45. The van der Waals surface area contributed by atoms with Gasteiger partial charge in [-0.2, -0.15) is 0 Å². The van der Waals surface area contributed by atoms with Gasteiger partial charge in [0.2, 0.25) is 5.95 Å². The van der Waals surface area contributed by atoms with Crippen molar-refractivity contribution in [2.45, 2.75) is 6.92 Å². The van der Waals surface area contributed by atoms with Gasteiger partial charge in [0, 0.05) is 36.8 Å². The lowest BCUT2D eigenvalue weighted by molar-refractivity contribution is 0.631. The van der Waals surface area contributed by atoms with Crippen LogP contribution in [0.25, 0.3) is 33.5 Å². The van der Waals surface area contributed by atoms with E-state index in [1.165, 1.54) is 6.07 Å². The van der Waals surface area contributed by atoms with Gasteiger partial charge in [0.25, 0.3) is 0 Å². The second-order valence-corrected chi connectivity index (χ2v) is 6.33. The van der Waals surface area contributed by atoms with E-state index in [2.05, 4.69) is 25.3 Å². The normalized spacial score (nSPS) is 10.7. The molecule has 138 valence electrons. The molecule has 6 heteroatoms. The van der Waals surface area contributed by atoms with E-state index in [4.69, 9.17) is 0 Å². The van der Waals surface area contributed by atoms with Crippen molar-refractivity contribution in [3.05, 3.63) is 78.8 Å². The molecule has 4 rings (SSSR count). The third-order valence-electron chi connectivity index (χ3n) is 4.45. The summed E-state index contributed by atoms with van der Waals surface area (Å²) in [5.41, 5.74) is 5.21. The quantitative estimate of drug-likeness (QED) is 0.560. The Hall–Kier alpha value is -3.67. The van der Waals surface area contributed by atoms with Gasteiger partial charge in [-0.1, -0.05) is 30.3 Å². The standard InChI is InChI=1S/C22H18FN5/c1-14-10-26-21(13-25-14)19-8-7-15(9-20(19)23)17-5-3-4-6-18(17)16-11-27-22(24-2)28-12-16/h3-13H,1-2H3,(H,24,27,28). The Balaban J connectivity index is 1.75. The first-order valence-electron chi connectivity index (χ1n) is 8.84. The molecule has 0 bridgehead atoms. The average Bonchev–Trinajstić information content (AvgIpc) is 2.74. The van der Waals surface area contributed by atoms with Crippen LogP contribution in [0.2, 0.25) is 0 Å². The van der Waals surface area contributed by atoms with Crippen molar-refractivity contribution in [1.29, 1.82) is 0 Å². The lowest BCUT2D eigenvalue weighted by Gasteiger charge is -2.11. The molecule has 4 aromatic rings. The Morgan fingerprint density at radius 3 is 2.07 bits per heavy atom. The van der Waals surface area contributed by atoms with Gasteiger partial charge >= 0.3 is 0 Å². The molecule has 0 aliphatic carbocycles. The molecule has 28 heavy (non-hydrogen) atoms. The van der Waals surface area contributed by atoms with Gasteiger partial charge in [-0.3, -0.25) is 9.97 Å². The summed E-state index contributed by atoms with van der Waals surface area (Å²) in [7, 11) is 1.77. The Kier molecular flexibility index (Phi) is 4.76. The third kappa shape index (κ3) is 3.44. The zero-order chi connectivity index (χ0) is 19.5. The Morgan fingerprint density at radius 1 is 0.750 bits per heavy atom. The maximum Gasteiger partial charge on any atom is 0.222 e. The molecule has 0 atom stereocenters. The predicted molar refractivity (Wildman–Crippen MR) is 108 cm³/mol. The van der Waals surface area contributed by atoms with Crippen LogP contribution < -0.4 is 5.32 Å². The van der Waals surface area contributed by atoms with Crippen LogP contribution in [-0.4, -0.2) is 27.0 Å². The van der Waals surface area contributed by atoms with E-state index in [0.29, 0.717) is 17.2 Å². The molecule has 0 saturated heterocycles. The van der Waals surface area contributed by atoms with E-state index in [1.54, 1.807) is 37.9 Å². The van der Waals surface area contributed by atoms with Crippen molar-refractivity contribution in [2.75, 3.05) is 12.4 Å². The first-order valence-corrected chi connectivity index (χ1v) is 8.84. The highest BCUT2D eigenvalue weighted by atomic mass is 19.1. The van der Waals surface area contributed by atoms with E-state index in [-0.39, 0.29) is 5.82 Å². The number of anilines is 1. The van der Waals surface area contributed by atoms with Gasteiger partial charge in [-0.25, -0.2) is 14.4 Å². The van der Waals surface area contributed by atoms with Crippen molar-refractivity contribution < 1.29 is 4.39 Å². The number of aryl methyl sites for hydroxylation is 1. The number of rotatable bonds is 4. The number of hydrogen-bond acceptors (Lipinski definition) is 5. The molecular weight excluding hydrogens is 353 g/mol. The Bertz CT molecular complexity index is 1110. The minimum absolute atomic E-state index is 0.341. The monoisotopic (exact) mass is 371 g/mol. The second kappa shape index (κ2) is 7.52. The summed E-state index contributed by atoms with van der Waals surface area (Å²) in [6.07, 6.45) is 6.73. The fraction of sp³-hybridized carbons (Fsp3) is 0.0909. The second-order valence-electron chi connectivity index (χ2n) is 6.33. The van der Waals surface area contributed by atoms with Crippen molar-refractivity contribution in [3.8, 4) is 33.5 Å². The summed E-state index contributed by atoms with van der Waals surface area (Å²) in [5.74, 6) is 0.211. The molecular formula is C22H18FN5. The van der Waals surface area contributed by atoms with Gasteiger partial charge in [-0.15, -0.1) is 0 Å². The highest BCUT2D eigenvalue weighted by molar-refractivity contribution is 5.83. The van der Waals surface area contributed by atoms with Crippen LogP contribution in [0.5, 0.6) is 0 Å². The van der Waals surface area contributed by atoms with Crippen molar-refractivity contribution in [2.24, 2.45) is 0 Å². The first kappa shape index (κ1) is 17.7. The molecule has 0 aliphatic heterocycles.